The highest BCUT2D eigenvalue weighted by Crippen LogP contribution is 2.37. The second-order valence-electron chi connectivity index (χ2n) is 6.67. The molecule has 3 aromatic heterocycles. The fourth-order valence-electron chi connectivity index (χ4n) is 3.11. The van der Waals surface area contributed by atoms with Crippen LogP contribution in [0.25, 0.3) is 17.0 Å². The Balaban J connectivity index is 1.81. The summed E-state index contributed by atoms with van der Waals surface area (Å²) in [6.45, 7) is 0. The van der Waals surface area contributed by atoms with Gasteiger partial charge in [0.15, 0.2) is 5.69 Å². The summed E-state index contributed by atoms with van der Waals surface area (Å²) >= 11 is 0. The van der Waals surface area contributed by atoms with Gasteiger partial charge in [-0.3, -0.25) is 4.40 Å². The van der Waals surface area contributed by atoms with Gasteiger partial charge in [0, 0.05) is 11.9 Å². The number of benzene rings is 1. The van der Waals surface area contributed by atoms with E-state index in [0.29, 0.717) is 0 Å². The fourth-order valence-corrected chi connectivity index (χ4v) is 3.11. The minimum absolute atomic E-state index is 0.00316. The topological polar surface area (TPSA) is 66.0 Å². The average molecular weight is 447 g/mol. The third-order valence-corrected chi connectivity index (χ3v) is 4.48. The monoisotopic (exact) mass is 447 g/mol. The smallest absolute Gasteiger partial charge is 0.340 e. The quantitative estimate of drug-likeness (QED) is 0.389. The molecule has 0 fully saturated rings. The number of hydrogen-bond donors (Lipinski definition) is 1. The Kier molecular flexibility index (Phi) is 5.00. The van der Waals surface area contributed by atoms with Crippen LogP contribution >= 0.6 is 0 Å². The van der Waals surface area contributed by atoms with Gasteiger partial charge >= 0.3 is 12.4 Å². The Morgan fingerprint density at radius 2 is 1.59 bits per heavy atom. The molecular formula is C21H11F6N5. The molecule has 0 atom stereocenters. The highest BCUT2D eigenvalue weighted by molar-refractivity contribution is 5.69. The fraction of sp³-hybridized carbons (Fsp3) is 0.0952. The lowest BCUT2D eigenvalue weighted by atomic mass is 10.1. The van der Waals surface area contributed by atoms with Crippen LogP contribution < -0.4 is 5.32 Å². The first-order valence-corrected chi connectivity index (χ1v) is 8.97. The minimum Gasteiger partial charge on any atom is -0.340 e. The number of nitrogens with zero attached hydrogens (tertiary/aromatic N) is 4. The van der Waals surface area contributed by atoms with Crippen molar-refractivity contribution in [2.45, 2.75) is 12.4 Å². The molecule has 32 heavy (non-hydrogen) atoms. The van der Waals surface area contributed by atoms with E-state index in [1.807, 2.05) is 6.07 Å². The van der Waals surface area contributed by atoms with Crippen molar-refractivity contribution in [3.8, 4) is 17.5 Å². The standard InChI is InChI=1S/C21H11F6N5/c22-20(23,24)13-4-6-14(7-5-13)29-16-10-12(11-28)9-15(30-16)18-19(21(25,26)27)31-17-3-1-2-8-32(17)18/h1-10H,(H,29,30). The maximum absolute atomic E-state index is 13.7. The summed E-state index contributed by atoms with van der Waals surface area (Å²) in [5.41, 5.74) is -2.32. The van der Waals surface area contributed by atoms with Crippen molar-refractivity contribution in [2.24, 2.45) is 0 Å². The normalized spacial score (nSPS) is 12.0. The zero-order chi connectivity index (χ0) is 23.1. The van der Waals surface area contributed by atoms with Gasteiger partial charge in [0.2, 0.25) is 0 Å². The number of pyridine rings is 2. The van der Waals surface area contributed by atoms with Crippen LogP contribution in [0.2, 0.25) is 0 Å². The summed E-state index contributed by atoms with van der Waals surface area (Å²) in [7, 11) is 0. The molecule has 3 heterocycles. The Labute approximate surface area is 176 Å². The molecule has 0 aliphatic carbocycles. The van der Waals surface area contributed by atoms with Crippen molar-refractivity contribution in [1.82, 2.24) is 14.4 Å². The molecule has 0 bridgehead atoms. The van der Waals surface area contributed by atoms with Crippen LogP contribution in [0, 0.1) is 11.3 Å². The van der Waals surface area contributed by atoms with Crippen LogP contribution in [0.3, 0.4) is 0 Å². The largest absolute Gasteiger partial charge is 0.435 e. The first-order valence-electron chi connectivity index (χ1n) is 8.97. The van der Waals surface area contributed by atoms with Gasteiger partial charge in [0.1, 0.15) is 17.2 Å². The van der Waals surface area contributed by atoms with Gasteiger partial charge in [-0.25, -0.2) is 9.97 Å². The Morgan fingerprint density at radius 1 is 0.875 bits per heavy atom. The van der Waals surface area contributed by atoms with Crippen molar-refractivity contribution in [3.05, 3.63) is 77.6 Å². The zero-order valence-electron chi connectivity index (χ0n) is 15.8. The molecule has 4 aromatic rings. The number of halogens is 6. The number of nitrogens with one attached hydrogen (secondary N) is 1. The molecule has 1 aromatic carbocycles. The number of aromatic nitrogens is 3. The molecule has 0 unspecified atom stereocenters. The average Bonchev–Trinajstić information content (AvgIpc) is 3.13. The molecule has 0 amide bonds. The van der Waals surface area contributed by atoms with E-state index in [0.717, 1.165) is 24.3 Å². The van der Waals surface area contributed by atoms with Crippen molar-refractivity contribution >= 4 is 17.2 Å². The Bertz CT molecular complexity index is 1330. The molecular weight excluding hydrogens is 436 g/mol. The summed E-state index contributed by atoms with van der Waals surface area (Å²) in [4.78, 5) is 7.82. The van der Waals surface area contributed by atoms with Crippen molar-refractivity contribution in [3.63, 3.8) is 0 Å². The van der Waals surface area contributed by atoms with Gasteiger partial charge < -0.3 is 5.32 Å². The number of anilines is 2. The Morgan fingerprint density at radius 3 is 2.22 bits per heavy atom. The number of rotatable bonds is 3. The van der Waals surface area contributed by atoms with E-state index in [1.54, 1.807) is 0 Å². The van der Waals surface area contributed by atoms with E-state index in [2.05, 4.69) is 15.3 Å². The van der Waals surface area contributed by atoms with Crippen LogP contribution in [0.5, 0.6) is 0 Å². The van der Waals surface area contributed by atoms with Crippen molar-refractivity contribution in [2.75, 3.05) is 5.32 Å². The zero-order valence-corrected chi connectivity index (χ0v) is 15.8. The second-order valence-corrected chi connectivity index (χ2v) is 6.67. The van der Waals surface area contributed by atoms with Crippen molar-refractivity contribution < 1.29 is 26.3 Å². The van der Waals surface area contributed by atoms with E-state index in [9.17, 15) is 31.6 Å². The van der Waals surface area contributed by atoms with Gasteiger partial charge in [0.25, 0.3) is 0 Å². The summed E-state index contributed by atoms with van der Waals surface area (Å²) in [6, 6.07) is 12.8. The van der Waals surface area contributed by atoms with Crippen molar-refractivity contribution in [1.29, 1.82) is 5.26 Å². The van der Waals surface area contributed by atoms with Crippen LogP contribution in [-0.4, -0.2) is 14.4 Å². The summed E-state index contributed by atoms with van der Waals surface area (Å²) in [5, 5.41) is 12.1. The van der Waals surface area contributed by atoms with E-state index < -0.39 is 23.6 Å². The maximum atomic E-state index is 13.7. The van der Waals surface area contributed by atoms with Crippen LogP contribution in [0.15, 0.2) is 60.8 Å². The summed E-state index contributed by atoms with van der Waals surface area (Å²) in [6.07, 6.45) is -7.91. The molecule has 162 valence electrons. The third-order valence-electron chi connectivity index (χ3n) is 4.48. The lowest BCUT2D eigenvalue weighted by molar-refractivity contribution is -0.140. The SMILES string of the molecule is N#Cc1cc(Nc2ccc(C(F)(F)F)cc2)nc(-c2c(C(F)(F)F)nc3ccccn23)c1. The minimum atomic E-state index is -4.79. The second kappa shape index (κ2) is 7.56. The van der Waals surface area contributed by atoms with E-state index in [1.165, 1.54) is 40.9 Å². The lowest BCUT2D eigenvalue weighted by Gasteiger charge is -2.12. The Hall–Kier alpha value is -4.07. The van der Waals surface area contributed by atoms with Gasteiger partial charge in [-0.1, -0.05) is 6.07 Å². The number of nitriles is 1. The van der Waals surface area contributed by atoms with Gasteiger partial charge in [-0.15, -0.1) is 0 Å². The van der Waals surface area contributed by atoms with Crippen LogP contribution in [0.4, 0.5) is 37.8 Å². The first-order chi connectivity index (χ1) is 15.1. The molecule has 0 saturated heterocycles. The molecule has 0 aliphatic heterocycles. The lowest BCUT2D eigenvalue weighted by Crippen LogP contribution is -2.09. The highest BCUT2D eigenvalue weighted by Gasteiger charge is 2.39. The predicted molar refractivity (Wildman–Crippen MR) is 103 cm³/mol. The van der Waals surface area contributed by atoms with Crippen LogP contribution in [-0.2, 0) is 12.4 Å². The van der Waals surface area contributed by atoms with Gasteiger partial charge in [0.05, 0.1) is 22.9 Å². The highest BCUT2D eigenvalue weighted by atomic mass is 19.4. The van der Waals surface area contributed by atoms with E-state index >= 15 is 0 Å². The van der Waals surface area contributed by atoms with E-state index in [-0.39, 0.29) is 34.1 Å². The predicted octanol–water partition coefficient (Wildman–Crippen LogP) is 6.05. The molecule has 0 aliphatic rings. The third kappa shape index (κ3) is 4.07. The molecule has 11 heteroatoms. The molecule has 5 nitrogen and oxygen atoms in total. The molecule has 4 rings (SSSR count). The van der Waals surface area contributed by atoms with Crippen LogP contribution in [0.1, 0.15) is 16.8 Å². The number of alkyl halides is 6. The molecule has 0 spiro atoms. The maximum Gasteiger partial charge on any atom is 0.435 e. The number of hydrogen-bond acceptors (Lipinski definition) is 4. The summed E-state index contributed by atoms with van der Waals surface area (Å²) in [5.74, 6) is -0.0159. The molecule has 0 saturated carbocycles. The van der Waals surface area contributed by atoms with Gasteiger partial charge in [-0.2, -0.15) is 31.6 Å². The number of imidazole rings is 1. The first kappa shape index (κ1) is 21.2. The van der Waals surface area contributed by atoms with Gasteiger partial charge in [-0.05, 0) is 48.5 Å². The van der Waals surface area contributed by atoms with E-state index in [4.69, 9.17) is 0 Å². The molecule has 1 N–H and O–H groups in total. The summed E-state index contributed by atoms with van der Waals surface area (Å²) < 4.78 is 80.4. The number of fused-ring (bicyclic) bond motifs is 1. The molecule has 0 radical (unpaired) electrons.